The van der Waals surface area contributed by atoms with E-state index < -0.39 is 61.2 Å². The third-order valence-corrected chi connectivity index (χ3v) is 6.97. The van der Waals surface area contributed by atoms with Gasteiger partial charge in [-0.25, -0.2) is 19.2 Å². The van der Waals surface area contributed by atoms with Gasteiger partial charge in [-0.05, 0) is 48.5 Å². The molecule has 0 unspecified atom stereocenters. The number of esters is 4. The molecule has 1 heterocycles. The Balaban J connectivity index is 1.50. The number of benzene rings is 4. The molecule has 1 aliphatic rings. The molecule has 10 heteroatoms. The smallest absolute Gasteiger partial charge is 0.338 e. The molecule has 0 aliphatic carbocycles. The van der Waals surface area contributed by atoms with E-state index in [0.717, 1.165) is 0 Å². The van der Waals surface area contributed by atoms with Gasteiger partial charge in [0.2, 0.25) is 0 Å². The van der Waals surface area contributed by atoms with Gasteiger partial charge in [-0.3, -0.25) is 0 Å². The van der Waals surface area contributed by atoms with Crippen molar-refractivity contribution in [2.24, 2.45) is 0 Å². The summed E-state index contributed by atoms with van der Waals surface area (Å²) in [6.45, 7) is -0.418. The third kappa shape index (κ3) is 7.80. The lowest BCUT2D eigenvalue weighted by Crippen LogP contribution is -2.63. The minimum atomic E-state index is -1.45. The zero-order valence-electron chi connectivity index (χ0n) is 24.2. The molecule has 0 spiro atoms. The minimum absolute atomic E-state index is 0.200. The van der Waals surface area contributed by atoms with Crippen LogP contribution in [0.4, 0.5) is 0 Å². The first-order valence-corrected chi connectivity index (χ1v) is 14.1. The van der Waals surface area contributed by atoms with Crippen molar-refractivity contribution in [1.29, 1.82) is 0 Å². The molecule has 0 aromatic heterocycles. The Labute approximate surface area is 259 Å². The van der Waals surface area contributed by atoms with Crippen LogP contribution in [0.2, 0.25) is 0 Å². The van der Waals surface area contributed by atoms with Crippen LogP contribution in [0.25, 0.3) is 0 Å². The molecular weight excluding hydrogens is 580 g/mol. The van der Waals surface area contributed by atoms with E-state index >= 15 is 0 Å². The fraction of sp³-hybridized carbons (Fsp3) is 0.200. The van der Waals surface area contributed by atoms with Crippen LogP contribution in [0.1, 0.15) is 41.4 Å². The Kier molecular flexibility index (Phi) is 10.3. The number of hydrogen-bond donors (Lipinski definition) is 0. The molecule has 5 atom stereocenters. The molecule has 0 radical (unpaired) electrons. The van der Waals surface area contributed by atoms with E-state index in [-0.39, 0.29) is 22.3 Å². The Morgan fingerprint density at radius 3 is 1.27 bits per heavy atom. The summed E-state index contributed by atoms with van der Waals surface area (Å²) >= 11 is 0. The van der Waals surface area contributed by atoms with Crippen molar-refractivity contribution in [3.8, 4) is 0 Å². The molecule has 0 N–H and O–H groups in total. The first kappa shape index (κ1) is 31.1. The van der Waals surface area contributed by atoms with Gasteiger partial charge < -0.3 is 28.4 Å². The Morgan fingerprint density at radius 1 is 0.511 bits per heavy atom. The lowest BCUT2D eigenvalue weighted by atomic mass is 9.97. The fourth-order valence-electron chi connectivity index (χ4n) is 4.72. The molecule has 0 amide bonds. The van der Waals surface area contributed by atoms with Crippen LogP contribution in [0, 0.1) is 0 Å². The molecular formula is C35H30O10. The second-order valence-electron chi connectivity index (χ2n) is 9.95. The highest BCUT2D eigenvalue weighted by Gasteiger charge is 2.53. The zero-order valence-corrected chi connectivity index (χ0v) is 24.2. The molecule has 5 rings (SSSR count). The van der Waals surface area contributed by atoms with Gasteiger partial charge in [0.15, 0.2) is 24.6 Å². The second-order valence-corrected chi connectivity index (χ2v) is 9.95. The molecule has 0 saturated carbocycles. The average molecular weight is 611 g/mol. The fourth-order valence-corrected chi connectivity index (χ4v) is 4.72. The molecule has 1 aliphatic heterocycles. The summed E-state index contributed by atoms with van der Waals surface area (Å²) in [6, 6.07) is 32.7. The highest BCUT2D eigenvalue weighted by Crippen LogP contribution is 2.31. The van der Waals surface area contributed by atoms with Crippen LogP contribution in [-0.4, -0.2) is 68.3 Å². The second kappa shape index (κ2) is 14.9. The van der Waals surface area contributed by atoms with E-state index in [2.05, 4.69) is 0 Å². The van der Waals surface area contributed by atoms with Crippen molar-refractivity contribution >= 4 is 23.9 Å². The van der Waals surface area contributed by atoms with E-state index in [1.54, 1.807) is 121 Å². The van der Waals surface area contributed by atoms with Crippen LogP contribution in [-0.2, 0) is 28.4 Å². The number of hydrogen-bond acceptors (Lipinski definition) is 10. The predicted octanol–water partition coefficient (Wildman–Crippen LogP) is 4.89. The largest absolute Gasteiger partial charge is 0.459 e. The van der Waals surface area contributed by atoms with Crippen molar-refractivity contribution in [2.75, 3.05) is 13.7 Å². The summed E-state index contributed by atoms with van der Waals surface area (Å²) in [5.41, 5.74) is 0.914. The molecule has 1 fully saturated rings. The number of ether oxygens (including phenoxy) is 6. The van der Waals surface area contributed by atoms with E-state index in [1.807, 2.05) is 0 Å². The summed E-state index contributed by atoms with van der Waals surface area (Å²) in [5.74, 6) is -2.96. The average Bonchev–Trinajstić information content (AvgIpc) is 3.10. The van der Waals surface area contributed by atoms with Gasteiger partial charge in [-0.2, -0.15) is 0 Å². The molecule has 10 nitrogen and oxygen atoms in total. The van der Waals surface area contributed by atoms with E-state index in [0.29, 0.717) is 0 Å². The van der Waals surface area contributed by atoms with Gasteiger partial charge in [0.1, 0.15) is 12.7 Å². The van der Waals surface area contributed by atoms with Gasteiger partial charge in [0, 0.05) is 7.11 Å². The van der Waals surface area contributed by atoms with Crippen LogP contribution in [0.15, 0.2) is 121 Å². The van der Waals surface area contributed by atoms with Crippen LogP contribution in [0.3, 0.4) is 0 Å². The molecule has 0 bridgehead atoms. The van der Waals surface area contributed by atoms with Crippen molar-refractivity contribution in [3.63, 3.8) is 0 Å². The molecule has 45 heavy (non-hydrogen) atoms. The van der Waals surface area contributed by atoms with Crippen molar-refractivity contribution in [2.45, 2.75) is 30.7 Å². The molecule has 4 aromatic rings. The highest BCUT2D eigenvalue weighted by atomic mass is 16.7. The molecule has 1 saturated heterocycles. The first-order valence-electron chi connectivity index (χ1n) is 14.1. The van der Waals surface area contributed by atoms with Crippen molar-refractivity contribution in [3.05, 3.63) is 144 Å². The van der Waals surface area contributed by atoms with Gasteiger partial charge in [0.25, 0.3) is 0 Å². The van der Waals surface area contributed by atoms with Crippen LogP contribution >= 0.6 is 0 Å². The molecule has 4 aromatic carbocycles. The lowest BCUT2D eigenvalue weighted by Gasteiger charge is -2.44. The van der Waals surface area contributed by atoms with E-state index in [4.69, 9.17) is 28.4 Å². The van der Waals surface area contributed by atoms with Crippen LogP contribution < -0.4 is 0 Å². The minimum Gasteiger partial charge on any atom is -0.459 e. The summed E-state index contributed by atoms with van der Waals surface area (Å²) in [5, 5.41) is 0. The zero-order chi connectivity index (χ0) is 31.6. The monoisotopic (exact) mass is 610 g/mol. The lowest BCUT2D eigenvalue weighted by molar-refractivity contribution is -0.291. The van der Waals surface area contributed by atoms with Gasteiger partial charge >= 0.3 is 23.9 Å². The number of carbonyl (C=O) groups is 4. The normalized spacial score (nSPS) is 20.8. The van der Waals surface area contributed by atoms with E-state index in [9.17, 15) is 19.2 Å². The van der Waals surface area contributed by atoms with Gasteiger partial charge in [0.05, 0.1) is 22.3 Å². The standard InChI is InChI=1S/C35H30O10/c1-40-35-30(45-34(39)26-20-12-5-13-21-26)29(44-33(38)25-18-10-4-11-19-25)28(43-32(37)24-16-8-3-9-17-24)27(42-35)22-41-31(36)23-14-6-2-7-15-23/h2-21,27-30,35H,22H2,1H3/t27-,28+,29-,30-,35+/m0/s1. The maximum absolute atomic E-state index is 13.4. The Morgan fingerprint density at radius 2 is 0.867 bits per heavy atom. The van der Waals surface area contributed by atoms with Gasteiger partial charge in [-0.15, -0.1) is 0 Å². The Hall–Kier alpha value is -5.32. The maximum Gasteiger partial charge on any atom is 0.338 e. The highest BCUT2D eigenvalue weighted by molar-refractivity contribution is 5.91. The quantitative estimate of drug-likeness (QED) is 0.181. The number of methoxy groups -OCH3 is 1. The first-order chi connectivity index (χ1) is 21.9. The molecule has 230 valence electrons. The Bertz CT molecular complexity index is 1580. The predicted molar refractivity (Wildman–Crippen MR) is 159 cm³/mol. The summed E-state index contributed by atoms with van der Waals surface area (Å²) in [6.07, 6.45) is -6.76. The summed E-state index contributed by atoms with van der Waals surface area (Å²) in [7, 11) is 1.31. The maximum atomic E-state index is 13.4. The summed E-state index contributed by atoms with van der Waals surface area (Å²) in [4.78, 5) is 52.8. The number of carbonyl (C=O) groups excluding carboxylic acids is 4. The summed E-state index contributed by atoms with van der Waals surface area (Å²) < 4.78 is 34.9. The topological polar surface area (TPSA) is 124 Å². The van der Waals surface area contributed by atoms with E-state index in [1.165, 1.54) is 7.11 Å². The van der Waals surface area contributed by atoms with Gasteiger partial charge in [-0.1, -0.05) is 72.8 Å². The number of rotatable bonds is 10. The van der Waals surface area contributed by atoms with Crippen LogP contribution in [0.5, 0.6) is 0 Å². The van der Waals surface area contributed by atoms with Crippen molar-refractivity contribution < 1.29 is 47.6 Å². The van der Waals surface area contributed by atoms with Crippen molar-refractivity contribution in [1.82, 2.24) is 0 Å². The SMILES string of the molecule is CO[C@@H]1O[C@@H](COC(=O)c2ccccc2)[C@@H](OC(=O)c2ccccc2)[C@H](OC(=O)c2ccccc2)[C@@H]1OC(=O)c1ccccc1. The third-order valence-electron chi connectivity index (χ3n) is 6.97.